The largest absolute Gasteiger partial charge is 0.416 e. The Bertz CT molecular complexity index is 789. The Kier molecular flexibility index (Phi) is 3.32. The zero-order valence-corrected chi connectivity index (χ0v) is 11.5. The molecule has 8 heteroatoms. The van der Waals surface area contributed by atoms with Crippen molar-refractivity contribution in [2.75, 3.05) is 0 Å². The summed E-state index contributed by atoms with van der Waals surface area (Å²) in [6.07, 6.45) is -4.64. The third-order valence-electron chi connectivity index (χ3n) is 3.31. The molecule has 0 atom stereocenters. The summed E-state index contributed by atoms with van der Waals surface area (Å²) in [4.78, 5) is 15.6. The van der Waals surface area contributed by atoms with Crippen molar-refractivity contribution in [1.29, 1.82) is 0 Å². The molecular formula is C14H7ClF4N2O. The summed E-state index contributed by atoms with van der Waals surface area (Å²) in [6, 6.07) is 3.48. The zero-order valence-electron chi connectivity index (χ0n) is 10.8. The quantitative estimate of drug-likeness (QED) is 0.638. The Morgan fingerprint density at radius 2 is 1.91 bits per heavy atom. The van der Waals surface area contributed by atoms with Crippen molar-refractivity contribution >= 4 is 17.5 Å². The van der Waals surface area contributed by atoms with Crippen molar-refractivity contribution in [1.82, 2.24) is 10.3 Å². The number of rotatable bonds is 1. The number of alkyl halides is 3. The molecule has 0 saturated carbocycles. The number of hydrogen-bond donors (Lipinski definition) is 1. The van der Waals surface area contributed by atoms with Crippen LogP contribution in [0.4, 0.5) is 17.6 Å². The van der Waals surface area contributed by atoms with Crippen molar-refractivity contribution in [2.45, 2.75) is 12.7 Å². The molecule has 0 spiro atoms. The molecule has 0 aliphatic carbocycles. The van der Waals surface area contributed by atoms with E-state index in [0.29, 0.717) is 11.6 Å². The van der Waals surface area contributed by atoms with Crippen molar-refractivity contribution in [3.05, 3.63) is 51.9 Å². The number of nitrogens with one attached hydrogen (secondary N) is 1. The highest BCUT2D eigenvalue weighted by Crippen LogP contribution is 2.35. The van der Waals surface area contributed by atoms with E-state index in [1.807, 2.05) is 0 Å². The number of hydrogen-bond acceptors (Lipinski definition) is 2. The van der Waals surface area contributed by atoms with E-state index >= 15 is 0 Å². The van der Waals surface area contributed by atoms with Crippen molar-refractivity contribution in [3.8, 4) is 11.3 Å². The van der Waals surface area contributed by atoms with Crippen LogP contribution in [0.1, 0.15) is 21.5 Å². The first-order valence-corrected chi connectivity index (χ1v) is 6.50. The van der Waals surface area contributed by atoms with Gasteiger partial charge in [-0.15, -0.1) is 0 Å². The molecule has 3 rings (SSSR count). The maximum absolute atomic E-state index is 14.1. The van der Waals surface area contributed by atoms with E-state index in [0.717, 1.165) is 12.1 Å². The second-order valence-corrected chi connectivity index (χ2v) is 5.08. The van der Waals surface area contributed by atoms with Crippen LogP contribution in [-0.2, 0) is 12.7 Å². The van der Waals surface area contributed by atoms with E-state index in [-0.39, 0.29) is 34.4 Å². The van der Waals surface area contributed by atoms with E-state index in [2.05, 4.69) is 10.3 Å². The van der Waals surface area contributed by atoms with E-state index in [1.165, 1.54) is 6.07 Å². The first kappa shape index (κ1) is 14.8. The maximum Gasteiger partial charge on any atom is 0.416 e. The molecule has 1 aliphatic rings. The molecule has 0 fully saturated rings. The van der Waals surface area contributed by atoms with Gasteiger partial charge in [-0.3, -0.25) is 4.79 Å². The van der Waals surface area contributed by atoms with Crippen LogP contribution in [0.5, 0.6) is 0 Å². The molecule has 22 heavy (non-hydrogen) atoms. The summed E-state index contributed by atoms with van der Waals surface area (Å²) in [5.41, 5.74) is -0.515. The lowest BCUT2D eigenvalue weighted by Crippen LogP contribution is -2.12. The van der Waals surface area contributed by atoms with Crippen LogP contribution in [0.2, 0.25) is 5.15 Å². The van der Waals surface area contributed by atoms with Crippen LogP contribution in [-0.4, -0.2) is 10.9 Å². The molecule has 1 aliphatic heterocycles. The van der Waals surface area contributed by atoms with Gasteiger partial charge in [0.25, 0.3) is 5.91 Å². The fourth-order valence-electron chi connectivity index (χ4n) is 2.29. The Balaban J connectivity index is 2.17. The monoisotopic (exact) mass is 330 g/mol. The molecule has 1 aromatic heterocycles. The molecule has 0 radical (unpaired) electrons. The predicted molar refractivity (Wildman–Crippen MR) is 70.8 cm³/mol. The van der Waals surface area contributed by atoms with Gasteiger partial charge in [0.2, 0.25) is 0 Å². The molecular weight excluding hydrogens is 324 g/mol. The van der Waals surface area contributed by atoms with Crippen molar-refractivity contribution in [2.24, 2.45) is 0 Å². The van der Waals surface area contributed by atoms with Crippen LogP contribution in [0.15, 0.2) is 24.3 Å². The number of amides is 1. The van der Waals surface area contributed by atoms with Gasteiger partial charge in [0.15, 0.2) is 0 Å². The van der Waals surface area contributed by atoms with E-state index < -0.39 is 17.6 Å². The van der Waals surface area contributed by atoms with E-state index in [4.69, 9.17) is 11.6 Å². The molecule has 1 aromatic carbocycles. The van der Waals surface area contributed by atoms with Crippen LogP contribution in [0.3, 0.4) is 0 Å². The normalized spacial score (nSPS) is 14.0. The lowest BCUT2D eigenvalue weighted by atomic mass is 10.0. The molecule has 2 aromatic rings. The molecule has 1 amide bonds. The number of benzene rings is 1. The third kappa shape index (κ3) is 2.41. The Hall–Kier alpha value is -2.15. The van der Waals surface area contributed by atoms with Crippen molar-refractivity contribution < 1.29 is 22.4 Å². The number of carbonyl (C=O) groups is 1. The first-order valence-electron chi connectivity index (χ1n) is 6.12. The lowest BCUT2D eigenvalue weighted by Gasteiger charge is -2.11. The highest BCUT2D eigenvalue weighted by molar-refractivity contribution is 6.30. The molecule has 3 nitrogen and oxygen atoms in total. The van der Waals surface area contributed by atoms with Crippen LogP contribution in [0.25, 0.3) is 11.3 Å². The molecule has 0 unspecified atom stereocenters. The zero-order chi connectivity index (χ0) is 16.1. The van der Waals surface area contributed by atoms with Gasteiger partial charge in [-0.25, -0.2) is 9.37 Å². The SMILES string of the molecule is O=C1NCc2c1cc(Cl)nc2-c1ccc(C(F)(F)F)cc1F. The number of fused-ring (bicyclic) bond motifs is 1. The number of halogens is 5. The van der Waals surface area contributed by atoms with Gasteiger partial charge >= 0.3 is 6.18 Å². The number of carbonyl (C=O) groups excluding carboxylic acids is 1. The number of aromatic nitrogens is 1. The van der Waals surface area contributed by atoms with Gasteiger partial charge in [-0.1, -0.05) is 11.6 Å². The van der Waals surface area contributed by atoms with Crippen molar-refractivity contribution in [3.63, 3.8) is 0 Å². The highest BCUT2D eigenvalue weighted by Gasteiger charge is 2.32. The fourth-order valence-corrected chi connectivity index (χ4v) is 2.49. The summed E-state index contributed by atoms with van der Waals surface area (Å²) >= 11 is 5.81. The second kappa shape index (κ2) is 4.95. The minimum atomic E-state index is -4.64. The summed E-state index contributed by atoms with van der Waals surface area (Å²) in [7, 11) is 0. The summed E-state index contributed by atoms with van der Waals surface area (Å²) < 4.78 is 51.8. The Morgan fingerprint density at radius 3 is 2.55 bits per heavy atom. The summed E-state index contributed by atoms with van der Waals surface area (Å²) in [5.74, 6) is -1.46. The Labute approximate surface area is 126 Å². The highest BCUT2D eigenvalue weighted by atomic mass is 35.5. The van der Waals surface area contributed by atoms with Gasteiger partial charge in [0.05, 0.1) is 11.3 Å². The smallest absolute Gasteiger partial charge is 0.348 e. The second-order valence-electron chi connectivity index (χ2n) is 4.69. The minimum absolute atomic E-state index is 0.0369. The minimum Gasteiger partial charge on any atom is -0.348 e. The fraction of sp³-hybridized carbons (Fsp3) is 0.143. The standard InChI is InChI=1S/C14H7ClF4N2O/c15-11-4-8-9(5-20-13(8)22)12(21-11)7-2-1-6(3-10(7)16)14(17,18)19/h1-4H,5H2,(H,20,22). The van der Waals surface area contributed by atoms with Gasteiger partial charge in [0, 0.05) is 23.2 Å². The molecule has 114 valence electrons. The van der Waals surface area contributed by atoms with Gasteiger partial charge in [0.1, 0.15) is 11.0 Å². The average Bonchev–Trinajstić information content (AvgIpc) is 2.79. The predicted octanol–water partition coefficient (Wildman–Crippen LogP) is 3.80. The summed E-state index contributed by atoms with van der Waals surface area (Å²) in [5, 5.41) is 2.50. The maximum atomic E-state index is 14.1. The van der Waals surface area contributed by atoms with Gasteiger partial charge in [-0.2, -0.15) is 13.2 Å². The van der Waals surface area contributed by atoms with Gasteiger partial charge in [-0.05, 0) is 24.3 Å². The first-order chi connectivity index (χ1) is 10.3. The molecule has 1 N–H and O–H groups in total. The van der Waals surface area contributed by atoms with E-state index in [9.17, 15) is 22.4 Å². The molecule has 0 bridgehead atoms. The van der Waals surface area contributed by atoms with E-state index in [1.54, 1.807) is 0 Å². The number of pyridine rings is 1. The third-order valence-corrected chi connectivity index (χ3v) is 3.51. The molecule has 2 heterocycles. The topological polar surface area (TPSA) is 42.0 Å². The average molecular weight is 331 g/mol. The number of nitrogens with zero attached hydrogens (tertiary/aromatic N) is 1. The molecule has 0 saturated heterocycles. The summed E-state index contributed by atoms with van der Waals surface area (Å²) in [6.45, 7) is 0.119. The van der Waals surface area contributed by atoms with Crippen LogP contribution in [0, 0.1) is 5.82 Å². The van der Waals surface area contributed by atoms with Crippen LogP contribution >= 0.6 is 11.6 Å². The Morgan fingerprint density at radius 1 is 1.18 bits per heavy atom. The van der Waals surface area contributed by atoms with Gasteiger partial charge < -0.3 is 5.32 Å². The van der Waals surface area contributed by atoms with Crippen LogP contribution < -0.4 is 5.32 Å². The lowest BCUT2D eigenvalue weighted by molar-refractivity contribution is -0.137.